The Morgan fingerprint density at radius 2 is 1.74 bits per heavy atom. The summed E-state index contributed by atoms with van der Waals surface area (Å²) in [5, 5.41) is 0. The first kappa shape index (κ1) is 15.2. The van der Waals surface area contributed by atoms with Crippen LogP contribution in [0.5, 0.6) is 0 Å². The normalized spacial score (nSPS) is 11.4. The van der Waals surface area contributed by atoms with Crippen LogP contribution in [0.4, 0.5) is 0 Å². The van der Waals surface area contributed by atoms with Gasteiger partial charge in [0.25, 0.3) is 0 Å². The lowest BCUT2D eigenvalue weighted by atomic mass is 10.1. The van der Waals surface area contributed by atoms with Gasteiger partial charge in [0, 0.05) is 10.5 Å². The molecule has 0 saturated carbocycles. The topological polar surface area (TPSA) is 52.6 Å². The van der Waals surface area contributed by atoms with Crippen molar-refractivity contribution in [1.82, 2.24) is 0 Å². The number of halogens is 1. The van der Waals surface area contributed by atoms with Crippen LogP contribution in [0, 0.1) is 0 Å². The van der Waals surface area contributed by atoms with E-state index in [1.165, 1.54) is 32.4 Å². The molecule has 0 aliphatic heterocycles. The number of esters is 2. The molecular formula is C14H13BrO4. The summed E-state index contributed by atoms with van der Waals surface area (Å²) in [5.41, 5.74) is 1.06. The van der Waals surface area contributed by atoms with Crippen molar-refractivity contribution in [2.24, 2.45) is 0 Å². The molecule has 0 bridgehead atoms. The van der Waals surface area contributed by atoms with Gasteiger partial charge in [-0.05, 0) is 23.8 Å². The van der Waals surface area contributed by atoms with Gasteiger partial charge in [0.2, 0.25) is 0 Å². The third kappa shape index (κ3) is 4.71. The number of hydrogen-bond acceptors (Lipinski definition) is 4. The number of allylic oxidation sites excluding steroid dienone is 2. The molecule has 0 atom stereocenters. The lowest BCUT2D eigenvalue weighted by Crippen LogP contribution is -2.03. The van der Waals surface area contributed by atoms with Crippen LogP contribution in [-0.2, 0) is 19.1 Å². The summed E-state index contributed by atoms with van der Waals surface area (Å²) in [5.74, 6) is -0.965. The molecule has 5 heteroatoms. The van der Waals surface area contributed by atoms with Gasteiger partial charge in [-0.3, -0.25) is 0 Å². The number of carbonyl (C=O) groups excluding carboxylic acids is 2. The van der Waals surface area contributed by atoms with Gasteiger partial charge in [0.1, 0.15) is 0 Å². The van der Waals surface area contributed by atoms with Gasteiger partial charge in [-0.15, -0.1) is 0 Å². The summed E-state index contributed by atoms with van der Waals surface area (Å²) in [6.45, 7) is 0. The van der Waals surface area contributed by atoms with Crippen molar-refractivity contribution >= 4 is 33.4 Å². The summed E-state index contributed by atoms with van der Waals surface area (Å²) >= 11 is 3.32. The van der Waals surface area contributed by atoms with Crippen LogP contribution in [0.1, 0.15) is 5.56 Å². The second-order valence-corrected chi connectivity index (χ2v) is 4.38. The zero-order valence-corrected chi connectivity index (χ0v) is 12.1. The van der Waals surface area contributed by atoms with Crippen molar-refractivity contribution in [3.63, 3.8) is 0 Å². The quantitative estimate of drug-likeness (QED) is 0.485. The van der Waals surface area contributed by atoms with Crippen molar-refractivity contribution in [1.29, 1.82) is 0 Å². The van der Waals surface area contributed by atoms with Gasteiger partial charge in [-0.1, -0.05) is 34.1 Å². The first-order valence-electron chi connectivity index (χ1n) is 5.39. The van der Waals surface area contributed by atoms with Gasteiger partial charge < -0.3 is 9.47 Å². The summed E-state index contributed by atoms with van der Waals surface area (Å²) in [6, 6.07) is 7.18. The average molecular weight is 325 g/mol. The first-order valence-corrected chi connectivity index (χ1v) is 6.18. The molecule has 100 valence electrons. The largest absolute Gasteiger partial charge is 0.466 e. The molecule has 1 aromatic rings. The van der Waals surface area contributed by atoms with E-state index < -0.39 is 11.9 Å². The van der Waals surface area contributed by atoms with E-state index in [4.69, 9.17) is 4.74 Å². The molecule has 4 nitrogen and oxygen atoms in total. The number of ether oxygens (including phenoxy) is 2. The third-order valence-electron chi connectivity index (χ3n) is 2.26. The Hall–Kier alpha value is -1.88. The molecule has 0 N–H and O–H groups in total. The maximum Gasteiger partial charge on any atom is 0.338 e. The summed E-state index contributed by atoms with van der Waals surface area (Å²) in [4.78, 5) is 22.6. The zero-order valence-electron chi connectivity index (χ0n) is 10.6. The van der Waals surface area contributed by atoms with Gasteiger partial charge in [-0.2, -0.15) is 0 Å². The maximum absolute atomic E-state index is 11.7. The Morgan fingerprint density at radius 3 is 2.26 bits per heavy atom. The minimum Gasteiger partial charge on any atom is -0.466 e. The SMILES string of the molecule is COC(=O)/C=C\C=C(\C(=O)OC)c1ccc(Br)cc1. The van der Waals surface area contributed by atoms with Gasteiger partial charge >= 0.3 is 11.9 Å². The van der Waals surface area contributed by atoms with E-state index in [1.54, 1.807) is 12.1 Å². The fourth-order valence-corrected chi connectivity index (χ4v) is 1.58. The van der Waals surface area contributed by atoms with Crippen LogP contribution >= 0.6 is 15.9 Å². The first-order chi connectivity index (χ1) is 9.08. The number of hydrogen-bond donors (Lipinski definition) is 0. The number of methoxy groups -OCH3 is 2. The maximum atomic E-state index is 11.7. The second kappa shape index (κ2) is 7.53. The minimum absolute atomic E-state index is 0.357. The monoisotopic (exact) mass is 324 g/mol. The second-order valence-electron chi connectivity index (χ2n) is 3.46. The smallest absolute Gasteiger partial charge is 0.338 e. The highest BCUT2D eigenvalue weighted by Crippen LogP contribution is 2.19. The van der Waals surface area contributed by atoms with E-state index in [1.807, 2.05) is 12.1 Å². The van der Waals surface area contributed by atoms with Crippen LogP contribution in [0.2, 0.25) is 0 Å². The summed E-state index contributed by atoms with van der Waals surface area (Å²) in [7, 11) is 2.59. The van der Waals surface area contributed by atoms with Crippen molar-refractivity contribution < 1.29 is 19.1 Å². The van der Waals surface area contributed by atoms with E-state index >= 15 is 0 Å². The van der Waals surface area contributed by atoms with Crippen LogP contribution in [0.25, 0.3) is 5.57 Å². The Morgan fingerprint density at radius 1 is 1.11 bits per heavy atom. The molecule has 19 heavy (non-hydrogen) atoms. The van der Waals surface area contributed by atoms with Crippen LogP contribution in [0.15, 0.2) is 47.0 Å². The molecule has 0 aliphatic carbocycles. The summed E-state index contributed by atoms with van der Waals surface area (Å²) < 4.78 is 10.1. The zero-order chi connectivity index (χ0) is 14.3. The highest BCUT2D eigenvalue weighted by Gasteiger charge is 2.11. The van der Waals surface area contributed by atoms with E-state index in [-0.39, 0.29) is 0 Å². The van der Waals surface area contributed by atoms with Gasteiger partial charge in [0.15, 0.2) is 0 Å². The molecule has 0 unspecified atom stereocenters. The number of benzene rings is 1. The van der Waals surface area contributed by atoms with Crippen molar-refractivity contribution in [3.05, 3.63) is 52.5 Å². The van der Waals surface area contributed by atoms with Crippen molar-refractivity contribution in [3.8, 4) is 0 Å². The van der Waals surface area contributed by atoms with Crippen molar-refractivity contribution in [2.75, 3.05) is 14.2 Å². The molecule has 0 amide bonds. The Balaban J connectivity index is 3.05. The lowest BCUT2D eigenvalue weighted by Gasteiger charge is -2.04. The van der Waals surface area contributed by atoms with E-state index in [2.05, 4.69) is 20.7 Å². The number of carbonyl (C=O) groups is 2. The molecular weight excluding hydrogens is 312 g/mol. The van der Waals surface area contributed by atoms with E-state index in [0.717, 1.165) is 4.47 Å². The molecule has 0 spiro atoms. The Bertz CT molecular complexity index is 515. The number of rotatable bonds is 4. The fourth-order valence-electron chi connectivity index (χ4n) is 1.31. The minimum atomic E-state index is -0.490. The summed E-state index contributed by atoms with van der Waals surface area (Å²) in [6.07, 6.45) is 4.17. The average Bonchev–Trinajstić information content (AvgIpc) is 2.43. The van der Waals surface area contributed by atoms with Crippen molar-refractivity contribution in [2.45, 2.75) is 0 Å². The highest BCUT2D eigenvalue weighted by atomic mass is 79.9. The van der Waals surface area contributed by atoms with Crippen LogP contribution in [0.3, 0.4) is 0 Å². The van der Waals surface area contributed by atoms with Crippen LogP contribution in [-0.4, -0.2) is 26.2 Å². The molecule has 0 heterocycles. The predicted molar refractivity (Wildman–Crippen MR) is 75.3 cm³/mol. The Labute approximate surface area is 119 Å². The molecule has 0 saturated heterocycles. The van der Waals surface area contributed by atoms with Gasteiger partial charge in [0.05, 0.1) is 19.8 Å². The predicted octanol–water partition coefficient (Wildman–Crippen LogP) is 2.73. The molecule has 0 radical (unpaired) electrons. The fraction of sp³-hybridized carbons (Fsp3) is 0.143. The highest BCUT2D eigenvalue weighted by molar-refractivity contribution is 9.10. The van der Waals surface area contributed by atoms with Gasteiger partial charge in [-0.25, -0.2) is 9.59 Å². The molecule has 0 aliphatic rings. The molecule has 0 fully saturated rings. The Kier molecular flexibility index (Phi) is 6.02. The molecule has 0 aromatic heterocycles. The van der Waals surface area contributed by atoms with Crippen LogP contribution < -0.4 is 0 Å². The van der Waals surface area contributed by atoms with E-state index in [0.29, 0.717) is 11.1 Å². The standard InChI is InChI=1S/C14H13BrO4/c1-18-13(16)5-3-4-12(14(17)19-2)10-6-8-11(15)9-7-10/h3-9H,1-2H3/b5-3-,12-4+. The van der Waals surface area contributed by atoms with E-state index in [9.17, 15) is 9.59 Å². The molecule has 1 aromatic carbocycles. The third-order valence-corrected chi connectivity index (χ3v) is 2.79. The molecule has 1 rings (SSSR count). The lowest BCUT2D eigenvalue weighted by molar-refractivity contribution is -0.135.